The highest BCUT2D eigenvalue weighted by molar-refractivity contribution is 5.85. The van der Waals surface area contributed by atoms with Gasteiger partial charge in [-0.2, -0.15) is 13.2 Å². The number of para-hydroxylation sites is 1. The smallest absolute Gasteiger partial charge is 0.433 e. The number of rotatable bonds is 1. The summed E-state index contributed by atoms with van der Waals surface area (Å²) < 4.78 is 55.7. The fourth-order valence-corrected chi connectivity index (χ4v) is 1.49. The van der Waals surface area contributed by atoms with Gasteiger partial charge >= 0.3 is 6.18 Å². The summed E-state index contributed by atoms with van der Waals surface area (Å²) in [6.07, 6.45) is -4.68. The van der Waals surface area contributed by atoms with Crippen LogP contribution in [0.4, 0.5) is 17.6 Å². The van der Waals surface area contributed by atoms with Gasteiger partial charge in [0.15, 0.2) is 0 Å². The van der Waals surface area contributed by atoms with Crippen molar-refractivity contribution in [2.24, 2.45) is 0 Å². The van der Waals surface area contributed by atoms with Crippen LogP contribution in [0.1, 0.15) is 5.69 Å². The summed E-state index contributed by atoms with van der Waals surface area (Å²) in [5.74, 6) is -0.867. The quantitative estimate of drug-likeness (QED) is 0.718. The number of hydrogen-bond donors (Lipinski definition) is 0. The van der Waals surface area contributed by atoms with Gasteiger partial charge in [0.05, 0.1) is 7.11 Å². The topological polar surface area (TPSA) is 22.1 Å². The van der Waals surface area contributed by atoms with Crippen molar-refractivity contribution in [3.05, 3.63) is 35.8 Å². The number of fused-ring (bicyclic) bond motifs is 1. The Bertz CT molecular complexity index is 565. The molecule has 0 N–H and O–H groups in total. The number of halogens is 4. The van der Waals surface area contributed by atoms with Gasteiger partial charge in [-0.05, 0) is 12.1 Å². The standard InChI is InChI=1S/C11H7F4NO/c1-17-8-4-2-3-6-7(12)5-9(11(13,14)15)16-10(6)8/h2-5H,1H3. The van der Waals surface area contributed by atoms with Crippen molar-refractivity contribution in [1.29, 1.82) is 0 Å². The van der Waals surface area contributed by atoms with Crippen molar-refractivity contribution in [3.63, 3.8) is 0 Å². The largest absolute Gasteiger partial charge is 0.494 e. The first-order valence-electron chi connectivity index (χ1n) is 4.64. The monoisotopic (exact) mass is 245 g/mol. The van der Waals surface area contributed by atoms with Crippen LogP contribution in [-0.4, -0.2) is 12.1 Å². The van der Waals surface area contributed by atoms with E-state index in [-0.39, 0.29) is 16.7 Å². The lowest BCUT2D eigenvalue weighted by Crippen LogP contribution is -2.09. The number of benzene rings is 1. The molecule has 0 aliphatic carbocycles. The highest BCUT2D eigenvalue weighted by atomic mass is 19.4. The average Bonchev–Trinajstić information content (AvgIpc) is 2.27. The second-order valence-electron chi connectivity index (χ2n) is 3.34. The lowest BCUT2D eigenvalue weighted by Gasteiger charge is -2.09. The molecule has 0 saturated carbocycles. The third kappa shape index (κ3) is 2.02. The zero-order valence-electron chi connectivity index (χ0n) is 8.68. The molecule has 0 fully saturated rings. The second kappa shape index (κ2) is 3.87. The maximum Gasteiger partial charge on any atom is 0.433 e. The van der Waals surface area contributed by atoms with Crippen molar-refractivity contribution < 1.29 is 22.3 Å². The second-order valence-corrected chi connectivity index (χ2v) is 3.34. The number of pyridine rings is 1. The molecule has 1 heterocycles. The van der Waals surface area contributed by atoms with Gasteiger partial charge in [-0.15, -0.1) is 0 Å². The summed E-state index contributed by atoms with van der Waals surface area (Å²) in [4.78, 5) is 3.39. The minimum absolute atomic E-state index is 0.00245. The zero-order valence-corrected chi connectivity index (χ0v) is 8.68. The summed E-state index contributed by atoms with van der Waals surface area (Å²) in [6.45, 7) is 0. The minimum Gasteiger partial charge on any atom is -0.494 e. The summed E-state index contributed by atoms with van der Waals surface area (Å²) in [5, 5.41) is -0.00245. The first-order valence-corrected chi connectivity index (χ1v) is 4.64. The first kappa shape index (κ1) is 11.6. The summed E-state index contributed by atoms with van der Waals surface area (Å²) in [5.41, 5.74) is -1.41. The molecule has 1 aromatic heterocycles. The molecule has 2 rings (SSSR count). The van der Waals surface area contributed by atoms with Gasteiger partial charge in [-0.1, -0.05) is 6.07 Å². The van der Waals surface area contributed by atoms with Crippen molar-refractivity contribution in [2.75, 3.05) is 7.11 Å². The summed E-state index contributed by atoms with van der Waals surface area (Å²) in [6, 6.07) is 4.64. The van der Waals surface area contributed by atoms with E-state index in [1.165, 1.54) is 25.3 Å². The SMILES string of the molecule is COc1cccc2c(F)cc(C(F)(F)F)nc12. The summed E-state index contributed by atoms with van der Waals surface area (Å²) >= 11 is 0. The first-order chi connectivity index (χ1) is 7.93. The Morgan fingerprint density at radius 3 is 2.53 bits per heavy atom. The van der Waals surface area contributed by atoms with E-state index < -0.39 is 17.7 Å². The Morgan fingerprint density at radius 1 is 1.24 bits per heavy atom. The Hall–Kier alpha value is -1.85. The minimum atomic E-state index is -4.68. The number of nitrogens with zero attached hydrogens (tertiary/aromatic N) is 1. The van der Waals surface area contributed by atoms with Crippen molar-refractivity contribution >= 4 is 10.9 Å². The van der Waals surface area contributed by atoms with Crippen molar-refractivity contribution in [1.82, 2.24) is 4.98 Å². The number of aromatic nitrogens is 1. The fraction of sp³-hybridized carbons (Fsp3) is 0.182. The van der Waals surface area contributed by atoms with Crippen LogP contribution in [-0.2, 0) is 6.18 Å². The molecule has 2 nitrogen and oxygen atoms in total. The normalized spacial score (nSPS) is 11.8. The van der Waals surface area contributed by atoms with E-state index >= 15 is 0 Å². The molecular formula is C11H7F4NO. The Kier molecular flexibility index (Phi) is 2.65. The van der Waals surface area contributed by atoms with E-state index in [1.54, 1.807) is 0 Å². The van der Waals surface area contributed by atoms with Crippen molar-refractivity contribution in [3.8, 4) is 5.75 Å². The highest BCUT2D eigenvalue weighted by Gasteiger charge is 2.33. The number of hydrogen-bond acceptors (Lipinski definition) is 2. The van der Waals surface area contributed by atoms with E-state index in [0.717, 1.165) is 0 Å². The van der Waals surface area contributed by atoms with E-state index in [2.05, 4.69) is 4.98 Å². The van der Waals surface area contributed by atoms with Gasteiger partial charge in [0, 0.05) is 11.5 Å². The predicted molar refractivity (Wildman–Crippen MR) is 53.3 cm³/mol. The van der Waals surface area contributed by atoms with Gasteiger partial charge in [0.2, 0.25) is 0 Å². The molecule has 0 bridgehead atoms. The van der Waals surface area contributed by atoms with E-state index in [9.17, 15) is 17.6 Å². The van der Waals surface area contributed by atoms with Crippen LogP contribution in [0.5, 0.6) is 5.75 Å². The Labute approximate surface area is 93.8 Å². The molecule has 2 aromatic rings. The third-order valence-electron chi connectivity index (χ3n) is 2.26. The molecule has 0 amide bonds. The van der Waals surface area contributed by atoms with Gasteiger partial charge in [-0.25, -0.2) is 9.37 Å². The molecule has 0 spiro atoms. The number of ether oxygens (including phenoxy) is 1. The predicted octanol–water partition coefficient (Wildman–Crippen LogP) is 3.40. The maximum atomic E-state index is 13.5. The van der Waals surface area contributed by atoms with Gasteiger partial charge in [0.25, 0.3) is 0 Å². The number of alkyl halides is 3. The van der Waals surface area contributed by atoms with Crippen molar-refractivity contribution in [2.45, 2.75) is 6.18 Å². The molecule has 0 radical (unpaired) electrons. The molecule has 0 saturated heterocycles. The molecule has 17 heavy (non-hydrogen) atoms. The van der Waals surface area contributed by atoms with Crippen LogP contribution in [0.15, 0.2) is 24.3 Å². The lowest BCUT2D eigenvalue weighted by molar-refractivity contribution is -0.141. The van der Waals surface area contributed by atoms with E-state index in [1.807, 2.05) is 0 Å². The molecule has 0 unspecified atom stereocenters. The van der Waals surface area contributed by atoms with E-state index in [4.69, 9.17) is 4.74 Å². The molecule has 0 atom stereocenters. The third-order valence-corrected chi connectivity index (χ3v) is 2.26. The van der Waals surface area contributed by atoms with Crippen LogP contribution in [0, 0.1) is 5.82 Å². The molecule has 0 aliphatic rings. The van der Waals surface area contributed by atoms with Crippen LogP contribution < -0.4 is 4.74 Å². The molecular weight excluding hydrogens is 238 g/mol. The maximum absolute atomic E-state index is 13.5. The molecule has 0 aliphatic heterocycles. The average molecular weight is 245 g/mol. The van der Waals surface area contributed by atoms with Crippen LogP contribution in [0.3, 0.4) is 0 Å². The zero-order chi connectivity index (χ0) is 12.6. The molecule has 90 valence electrons. The highest BCUT2D eigenvalue weighted by Crippen LogP contribution is 2.33. The van der Waals surface area contributed by atoms with Gasteiger partial charge in [0.1, 0.15) is 22.8 Å². The number of methoxy groups -OCH3 is 1. The molecule has 6 heteroatoms. The Balaban J connectivity index is 2.79. The van der Waals surface area contributed by atoms with Crippen LogP contribution >= 0.6 is 0 Å². The van der Waals surface area contributed by atoms with Crippen LogP contribution in [0.2, 0.25) is 0 Å². The lowest BCUT2D eigenvalue weighted by atomic mass is 10.1. The van der Waals surface area contributed by atoms with Gasteiger partial charge in [-0.3, -0.25) is 0 Å². The fourth-order valence-electron chi connectivity index (χ4n) is 1.49. The van der Waals surface area contributed by atoms with Gasteiger partial charge < -0.3 is 4.74 Å². The summed E-state index contributed by atoms with van der Waals surface area (Å²) in [7, 11) is 1.29. The van der Waals surface area contributed by atoms with Crippen LogP contribution in [0.25, 0.3) is 10.9 Å². The Morgan fingerprint density at radius 2 is 1.94 bits per heavy atom. The molecule has 1 aromatic carbocycles. The van der Waals surface area contributed by atoms with E-state index in [0.29, 0.717) is 6.07 Å².